The number of hydrogen-bond acceptors (Lipinski definition) is 4. The second kappa shape index (κ2) is 5.74. The molecular formula is C9H16N2O3. The SMILES string of the molecule is C=CCONC1CCC(C(=O)O)NC1. The van der Waals surface area contributed by atoms with Gasteiger partial charge >= 0.3 is 5.97 Å². The zero-order chi connectivity index (χ0) is 10.4. The van der Waals surface area contributed by atoms with E-state index in [1.165, 1.54) is 0 Å². The molecule has 2 unspecified atom stereocenters. The predicted molar refractivity (Wildman–Crippen MR) is 51.7 cm³/mol. The molecule has 3 N–H and O–H groups in total. The van der Waals surface area contributed by atoms with Gasteiger partial charge in [-0.3, -0.25) is 9.63 Å². The Morgan fingerprint density at radius 2 is 2.50 bits per heavy atom. The maximum atomic E-state index is 10.6. The van der Waals surface area contributed by atoms with Crippen LogP contribution in [0.15, 0.2) is 12.7 Å². The highest BCUT2D eigenvalue weighted by Crippen LogP contribution is 2.08. The number of carboxylic acids is 1. The maximum Gasteiger partial charge on any atom is 0.320 e. The molecule has 0 spiro atoms. The molecule has 14 heavy (non-hydrogen) atoms. The van der Waals surface area contributed by atoms with E-state index in [2.05, 4.69) is 17.4 Å². The minimum Gasteiger partial charge on any atom is -0.480 e. The quantitative estimate of drug-likeness (QED) is 0.328. The summed E-state index contributed by atoms with van der Waals surface area (Å²) in [6.07, 6.45) is 3.09. The average molecular weight is 200 g/mol. The van der Waals surface area contributed by atoms with E-state index in [9.17, 15) is 4.79 Å². The molecule has 0 aromatic rings. The lowest BCUT2D eigenvalue weighted by Crippen LogP contribution is -2.50. The van der Waals surface area contributed by atoms with Crippen LogP contribution in [-0.4, -0.2) is 36.3 Å². The third kappa shape index (κ3) is 3.45. The largest absolute Gasteiger partial charge is 0.480 e. The van der Waals surface area contributed by atoms with Crippen LogP contribution in [0.3, 0.4) is 0 Å². The van der Waals surface area contributed by atoms with E-state index in [1.54, 1.807) is 6.08 Å². The van der Waals surface area contributed by atoms with Crippen molar-refractivity contribution in [3.63, 3.8) is 0 Å². The number of hydroxylamine groups is 1. The summed E-state index contributed by atoms with van der Waals surface area (Å²) in [4.78, 5) is 15.7. The van der Waals surface area contributed by atoms with Crippen LogP contribution in [0.5, 0.6) is 0 Å². The molecule has 0 aromatic carbocycles. The van der Waals surface area contributed by atoms with Crippen LogP contribution < -0.4 is 10.8 Å². The summed E-state index contributed by atoms with van der Waals surface area (Å²) in [5, 5.41) is 11.6. The summed E-state index contributed by atoms with van der Waals surface area (Å²) < 4.78 is 0. The molecule has 0 aromatic heterocycles. The van der Waals surface area contributed by atoms with Gasteiger partial charge in [0.2, 0.25) is 0 Å². The molecule has 1 aliphatic rings. The first-order valence-corrected chi connectivity index (χ1v) is 4.68. The number of piperidine rings is 1. The van der Waals surface area contributed by atoms with E-state index >= 15 is 0 Å². The standard InChI is InChI=1S/C9H16N2O3/c1-2-5-14-11-7-3-4-8(9(12)13)10-6-7/h2,7-8,10-11H,1,3-6H2,(H,12,13). The minimum atomic E-state index is -0.782. The summed E-state index contributed by atoms with van der Waals surface area (Å²) in [5.74, 6) is -0.782. The van der Waals surface area contributed by atoms with Crippen molar-refractivity contribution in [2.24, 2.45) is 0 Å². The highest BCUT2D eigenvalue weighted by atomic mass is 16.6. The Bertz CT molecular complexity index is 200. The van der Waals surface area contributed by atoms with Crippen LogP contribution in [-0.2, 0) is 9.63 Å². The van der Waals surface area contributed by atoms with Crippen molar-refractivity contribution in [3.05, 3.63) is 12.7 Å². The van der Waals surface area contributed by atoms with Gasteiger partial charge in [-0.15, -0.1) is 6.58 Å². The molecule has 1 saturated heterocycles. The maximum absolute atomic E-state index is 10.6. The fraction of sp³-hybridized carbons (Fsp3) is 0.667. The lowest BCUT2D eigenvalue weighted by Gasteiger charge is -2.27. The molecule has 0 radical (unpaired) electrons. The van der Waals surface area contributed by atoms with Crippen LogP contribution >= 0.6 is 0 Å². The van der Waals surface area contributed by atoms with Gasteiger partial charge in [0, 0.05) is 12.6 Å². The van der Waals surface area contributed by atoms with Crippen LogP contribution in [0, 0.1) is 0 Å². The predicted octanol–water partition coefficient (Wildman–Crippen LogP) is -0.101. The first-order valence-electron chi connectivity index (χ1n) is 4.68. The molecular weight excluding hydrogens is 184 g/mol. The zero-order valence-electron chi connectivity index (χ0n) is 8.03. The van der Waals surface area contributed by atoms with Gasteiger partial charge in [-0.05, 0) is 12.8 Å². The van der Waals surface area contributed by atoms with Crippen LogP contribution in [0.4, 0.5) is 0 Å². The van der Waals surface area contributed by atoms with Gasteiger partial charge in [0.1, 0.15) is 6.04 Å². The van der Waals surface area contributed by atoms with E-state index in [4.69, 9.17) is 9.94 Å². The highest BCUT2D eigenvalue weighted by molar-refractivity contribution is 5.73. The van der Waals surface area contributed by atoms with Crippen molar-refractivity contribution in [3.8, 4) is 0 Å². The highest BCUT2D eigenvalue weighted by Gasteiger charge is 2.24. The molecule has 1 aliphatic heterocycles. The molecule has 5 heteroatoms. The molecule has 0 saturated carbocycles. The number of nitrogens with one attached hydrogen (secondary N) is 2. The van der Waals surface area contributed by atoms with Crippen molar-refractivity contribution < 1.29 is 14.7 Å². The van der Waals surface area contributed by atoms with Crippen molar-refractivity contribution in [2.75, 3.05) is 13.2 Å². The third-order valence-corrected chi connectivity index (χ3v) is 2.16. The van der Waals surface area contributed by atoms with Crippen LogP contribution in [0.25, 0.3) is 0 Å². The summed E-state index contributed by atoms with van der Waals surface area (Å²) in [6, 6.07) is -0.224. The molecule has 2 atom stereocenters. The van der Waals surface area contributed by atoms with E-state index in [0.29, 0.717) is 19.6 Å². The Morgan fingerprint density at radius 3 is 3.00 bits per heavy atom. The Kier molecular flexibility index (Phi) is 4.58. The zero-order valence-corrected chi connectivity index (χ0v) is 8.03. The molecule has 0 bridgehead atoms. The van der Waals surface area contributed by atoms with Crippen LogP contribution in [0.2, 0.25) is 0 Å². The van der Waals surface area contributed by atoms with Crippen LogP contribution in [0.1, 0.15) is 12.8 Å². The number of aliphatic carboxylic acids is 1. The number of carboxylic acid groups (broad SMARTS) is 1. The van der Waals surface area contributed by atoms with Gasteiger partial charge in [0.05, 0.1) is 6.61 Å². The topological polar surface area (TPSA) is 70.6 Å². The van der Waals surface area contributed by atoms with E-state index in [1.807, 2.05) is 0 Å². The molecule has 0 amide bonds. The van der Waals surface area contributed by atoms with Gasteiger partial charge in [-0.1, -0.05) is 6.08 Å². The first kappa shape index (κ1) is 11.2. The van der Waals surface area contributed by atoms with Crippen molar-refractivity contribution in [1.82, 2.24) is 10.8 Å². The third-order valence-electron chi connectivity index (χ3n) is 2.16. The number of carbonyl (C=O) groups is 1. The van der Waals surface area contributed by atoms with Crippen molar-refractivity contribution >= 4 is 5.97 Å². The van der Waals surface area contributed by atoms with Gasteiger partial charge in [-0.2, -0.15) is 5.48 Å². The van der Waals surface area contributed by atoms with Gasteiger partial charge < -0.3 is 10.4 Å². The molecule has 1 rings (SSSR count). The average Bonchev–Trinajstić information content (AvgIpc) is 2.19. The Morgan fingerprint density at radius 1 is 1.71 bits per heavy atom. The fourth-order valence-corrected chi connectivity index (χ4v) is 1.39. The summed E-state index contributed by atoms with van der Waals surface area (Å²) in [6.45, 7) is 4.60. The normalized spacial score (nSPS) is 27.1. The smallest absolute Gasteiger partial charge is 0.320 e. The van der Waals surface area contributed by atoms with Gasteiger partial charge in [-0.25, -0.2) is 0 Å². The second-order valence-corrected chi connectivity index (χ2v) is 3.29. The van der Waals surface area contributed by atoms with E-state index < -0.39 is 12.0 Å². The van der Waals surface area contributed by atoms with Crippen molar-refractivity contribution in [1.29, 1.82) is 0 Å². The lowest BCUT2D eigenvalue weighted by atomic mass is 10.0. The fourth-order valence-electron chi connectivity index (χ4n) is 1.39. The number of rotatable bonds is 5. The van der Waals surface area contributed by atoms with Gasteiger partial charge in [0.25, 0.3) is 0 Å². The monoisotopic (exact) mass is 200 g/mol. The minimum absolute atomic E-state index is 0.186. The number of hydrogen-bond donors (Lipinski definition) is 3. The molecule has 80 valence electrons. The summed E-state index contributed by atoms with van der Waals surface area (Å²) >= 11 is 0. The Balaban J connectivity index is 2.15. The summed E-state index contributed by atoms with van der Waals surface area (Å²) in [5.41, 5.74) is 2.86. The van der Waals surface area contributed by atoms with E-state index in [-0.39, 0.29) is 6.04 Å². The second-order valence-electron chi connectivity index (χ2n) is 3.29. The Hall–Kier alpha value is -0.910. The summed E-state index contributed by atoms with van der Waals surface area (Å²) in [7, 11) is 0. The molecule has 0 aliphatic carbocycles. The molecule has 5 nitrogen and oxygen atoms in total. The van der Waals surface area contributed by atoms with E-state index in [0.717, 1.165) is 6.42 Å². The Labute approximate surface area is 83.1 Å². The molecule has 1 fully saturated rings. The van der Waals surface area contributed by atoms with Crippen molar-refractivity contribution in [2.45, 2.75) is 24.9 Å². The first-order chi connectivity index (χ1) is 6.74. The lowest BCUT2D eigenvalue weighted by molar-refractivity contribution is -0.140. The molecule has 1 heterocycles. The van der Waals surface area contributed by atoms with Gasteiger partial charge in [0.15, 0.2) is 0 Å².